The Hall–Kier alpha value is -2.01. The van der Waals surface area contributed by atoms with Crippen LogP contribution in [0.5, 0.6) is 0 Å². The number of fused-ring (bicyclic) bond motifs is 6. The van der Waals surface area contributed by atoms with Crippen molar-refractivity contribution < 1.29 is 26.8 Å². The average Bonchev–Trinajstić information content (AvgIpc) is 2.99. The van der Waals surface area contributed by atoms with E-state index in [1.165, 1.54) is 23.2 Å². The van der Waals surface area contributed by atoms with Gasteiger partial charge in [0.05, 0.1) is 6.54 Å². The molecule has 1 unspecified atom stereocenters. The minimum Gasteiger partial charge on any atom is -0.306 e. The van der Waals surface area contributed by atoms with Crippen molar-refractivity contribution in [3.8, 4) is 0 Å². The fourth-order valence-corrected chi connectivity index (χ4v) is 5.06. The van der Waals surface area contributed by atoms with Crippen LogP contribution in [0.4, 0.5) is 4.79 Å². The number of amides is 2. The Morgan fingerprint density at radius 2 is 2.08 bits per heavy atom. The molecule has 4 rings (SSSR count). The summed E-state index contributed by atoms with van der Waals surface area (Å²) >= 11 is 1.38. The molecular weight excluding hydrogens is 356 g/mol. The largest absolute Gasteiger partial charge is 0.418 e. The van der Waals surface area contributed by atoms with Gasteiger partial charge in [-0.25, -0.2) is 4.79 Å². The molecule has 2 aromatic rings. The van der Waals surface area contributed by atoms with Crippen molar-refractivity contribution >= 4 is 43.6 Å². The lowest BCUT2D eigenvalue weighted by Crippen LogP contribution is -2.37. The highest BCUT2D eigenvalue weighted by Crippen LogP contribution is 2.50. The number of ketones is 1. The van der Waals surface area contributed by atoms with Gasteiger partial charge in [0.2, 0.25) is 0 Å². The molecule has 1 aromatic carbocycles. The Morgan fingerprint density at radius 3 is 2.75 bits per heavy atom. The van der Waals surface area contributed by atoms with Crippen molar-refractivity contribution in [3.05, 3.63) is 34.7 Å². The number of benzene rings is 1. The van der Waals surface area contributed by atoms with Crippen LogP contribution in [0.1, 0.15) is 29.4 Å². The second-order valence-electron chi connectivity index (χ2n) is 5.67. The maximum Gasteiger partial charge on any atom is 0.418 e. The Kier molecular flexibility index (Phi) is 3.23. The van der Waals surface area contributed by atoms with E-state index in [1.807, 2.05) is 24.3 Å². The molecule has 8 nitrogen and oxygen atoms in total. The number of hydroxylamine groups is 2. The molecule has 0 spiro atoms. The SMILES string of the molecule is CC(=O)[C@@H]1c2c(sc3ccccc23)C2CN1C(=O)N2OS(=O)(=O)O. The van der Waals surface area contributed by atoms with Gasteiger partial charge in [-0.15, -0.1) is 15.6 Å². The molecule has 1 saturated heterocycles. The summed E-state index contributed by atoms with van der Waals surface area (Å²) < 4.78 is 36.5. The predicted octanol–water partition coefficient (Wildman–Crippen LogP) is 2.06. The van der Waals surface area contributed by atoms with E-state index in [4.69, 9.17) is 4.55 Å². The zero-order valence-electron chi connectivity index (χ0n) is 12.4. The number of nitrogens with zero attached hydrogens (tertiary/aromatic N) is 2. The van der Waals surface area contributed by atoms with Crippen molar-refractivity contribution in [2.24, 2.45) is 0 Å². The summed E-state index contributed by atoms with van der Waals surface area (Å²) in [6.45, 7) is 1.51. The third-order valence-corrected chi connectivity index (χ3v) is 5.83. The van der Waals surface area contributed by atoms with Crippen LogP contribution < -0.4 is 0 Å². The number of hydrogen-bond acceptors (Lipinski definition) is 6. The maximum absolute atomic E-state index is 12.5. The molecule has 2 bridgehead atoms. The molecule has 10 heteroatoms. The molecule has 0 aliphatic carbocycles. The predicted molar refractivity (Wildman–Crippen MR) is 84.6 cm³/mol. The first-order valence-electron chi connectivity index (χ1n) is 7.06. The van der Waals surface area contributed by atoms with Gasteiger partial charge in [0.25, 0.3) is 0 Å². The molecule has 1 aromatic heterocycles. The van der Waals surface area contributed by atoms with E-state index in [0.717, 1.165) is 10.1 Å². The van der Waals surface area contributed by atoms with Crippen LogP contribution in [0.2, 0.25) is 0 Å². The van der Waals surface area contributed by atoms with Gasteiger partial charge in [-0.3, -0.25) is 9.35 Å². The molecule has 2 atom stereocenters. The zero-order chi connectivity index (χ0) is 17.2. The van der Waals surface area contributed by atoms with Crippen molar-refractivity contribution in [2.75, 3.05) is 6.54 Å². The number of carbonyl (C=O) groups excluding carboxylic acids is 2. The van der Waals surface area contributed by atoms with E-state index < -0.39 is 28.5 Å². The minimum atomic E-state index is -4.85. The second-order valence-corrected chi connectivity index (χ2v) is 7.76. The molecular formula is C14H12N2O6S2. The van der Waals surface area contributed by atoms with Gasteiger partial charge in [0.15, 0.2) is 5.78 Å². The Labute approximate surface area is 141 Å². The van der Waals surface area contributed by atoms with Gasteiger partial charge in [0, 0.05) is 15.1 Å². The van der Waals surface area contributed by atoms with Crippen LogP contribution in [0.25, 0.3) is 10.1 Å². The monoisotopic (exact) mass is 368 g/mol. The van der Waals surface area contributed by atoms with Crippen LogP contribution in [0, 0.1) is 0 Å². The smallest absolute Gasteiger partial charge is 0.306 e. The first kappa shape index (κ1) is 15.5. The summed E-state index contributed by atoms with van der Waals surface area (Å²) in [6, 6.07) is 5.22. The minimum absolute atomic E-state index is 0.123. The molecule has 2 aliphatic rings. The fraction of sp³-hybridized carbons (Fsp3) is 0.286. The molecule has 0 saturated carbocycles. The Bertz CT molecular complexity index is 982. The van der Waals surface area contributed by atoms with Crippen LogP contribution >= 0.6 is 11.3 Å². The maximum atomic E-state index is 12.5. The standard InChI is InChI=1S/C14H12N2O6S2/c1-7(17)12-11-8-4-2-3-5-10(8)23-13(11)9-6-15(12)14(18)16(9)22-24(19,20)21/h2-5,9,12H,6H2,1H3,(H,19,20,21)/t9?,12-/m1/s1. The van der Waals surface area contributed by atoms with E-state index in [-0.39, 0.29) is 12.3 Å². The molecule has 2 aliphatic heterocycles. The van der Waals surface area contributed by atoms with Crippen LogP contribution in [-0.2, 0) is 19.5 Å². The highest BCUT2D eigenvalue weighted by molar-refractivity contribution is 7.80. The Morgan fingerprint density at radius 1 is 1.38 bits per heavy atom. The van der Waals surface area contributed by atoms with Gasteiger partial charge in [-0.1, -0.05) is 18.2 Å². The lowest BCUT2D eigenvalue weighted by molar-refractivity contribution is -0.121. The van der Waals surface area contributed by atoms with E-state index in [9.17, 15) is 18.0 Å². The molecule has 3 heterocycles. The Balaban J connectivity index is 1.94. The molecule has 1 fully saturated rings. The van der Waals surface area contributed by atoms with Crippen molar-refractivity contribution in [1.29, 1.82) is 0 Å². The quantitative estimate of drug-likeness (QED) is 0.832. The summed E-state index contributed by atoms with van der Waals surface area (Å²) in [7, 11) is -4.85. The second kappa shape index (κ2) is 4.99. The number of urea groups is 1. The van der Waals surface area contributed by atoms with Gasteiger partial charge in [-0.2, -0.15) is 13.5 Å². The summed E-state index contributed by atoms with van der Waals surface area (Å²) in [5.41, 5.74) is 0.703. The number of hydrogen-bond donors (Lipinski definition) is 1. The van der Waals surface area contributed by atoms with Crippen LogP contribution in [0.3, 0.4) is 0 Å². The summed E-state index contributed by atoms with van der Waals surface area (Å²) in [4.78, 5) is 26.7. The highest BCUT2D eigenvalue weighted by Gasteiger charge is 2.52. The molecule has 24 heavy (non-hydrogen) atoms. The van der Waals surface area contributed by atoms with E-state index in [0.29, 0.717) is 15.5 Å². The third kappa shape index (κ3) is 2.14. The highest BCUT2D eigenvalue weighted by atomic mass is 32.3. The molecule has 0 radical (unpaired) electrons. The fourth-order valence-electron chi connectivity index (χ4n) is 3.38. The lowest BCUT2D eigenvalue weighted by Gasteiger charge is -2.29. The van der Waals surface area contributed by atoms with E-state index in [2.05, 4.69) is 4.28 Å². The first-order chi connectivity index (χ1) is 11.3. The molecule has 126 valence electrons. The van der Waals surface area contributed by atoms with E-state index in [1.54, 1.807) is 0 Å². The van der Waals surface area contributed by atoms with Crippen molar-refractivity contribution in [1.82, 2.24) is 9.96 Å². The number of thiophene rings is 1. The van der Waals surface area contributed by atoms with E-state index >= 15 is 0 Å². The normalized spacial score (nSPS) is 23.0. The van der Waals surface area contributed by atoms with Crippen molar-refractivity contribution in [3.63, 3.8) is 0 Å². The average molecular weight is 368 g/mol. The van der Waals surface area contributed by atoms with Gasteiger partial charge in [-0.05, 0) is 18.4 Å². The lowest BCUT2D eigenvalue weighted by atomic mass is 9.93. The van der Waals surface area contributed by atoms with Gasteiger partial charge >= 0.3 is 16.4 Å². The number of rotatable bonds is 3. The number of carbonyl (C=O) groups is 2. The summed E-state index contributed by atoms with van der Waals surface area (Å²) in [6.07, 6.45) is 0. The molecule has 1 N–H and O–H groups in total. The topological polar surface area (TPSA) is 104 Å². The first-order valence-corrected chi connectivity index (χ1v) is 9.24. The van der Waals surface area contributed by atoms with Crippen LogP contribution in [0.15, 0.2) is 24.3 Å². The number of Topliss-reactive ketones (excluding diaryl/α,β-unsaturated/α-hetero) is 1. The van der Waals surface area contributed by atoms with Gasteiger partial charge < -0.3 is 4.90 Å². The van der Waals surface area contributed by atoms with Gasteiger partial charge in [0.1, 0.15) is 12.1 Å². The summed E-state index contributed by atoms with van der Waals surface area (Å²) in [5.74, 6) is -0.222. The third-order valence-electron chi connectivity index (χ3n) is 4.20. The zero-order valence-corrected chi connectivity index (χ0v) is 14.0. The van der Waals surface area contributed by atoms with Crippen LogP contribution in [-0.4, -0.2) is 41.3 Å². The van der Waals surface area contributed by atoms with Crippen molar-refractivity contribution in [2.45, 2.75) is 19.0 Å². The molecule has 2 amide bonds. The summed E-state index contributed by atoms with van der Waals surface area (Å²) in [5, 5.41) is 1.49.